The van der Waals surface area contributed by atoms with E-state index in [1.807, 2.05) is 0 Å². The number of benzene rings is 1. The van der Waals surface area contributed by atoms with Crippen molar-refractivity contribution in [3.8, 4) is 0 Å². The first-order valence-corrected chi connectivity index (χ1v) is 8.06. The molecule has 1 aromatic rings. The molecule has 1 atom stereocenters. The molecule has 0 amide bonds. The first-order valence-electron chi connectivity index (χ1n) is 8.06. The van der Waals surface area contributed by atoms with Gasteiger partial charge in [0, 0.05) is 25.7 Å². The minimum absolute atomic E-state index is 0.694. The predicted octanol–water partition coefficient (Wildman–Crippen LogP) is 3.51. The highest BCUT2D eigenvalue weighted by Gasteiger charge is 2.18. The van der Waals surface area contributed by atoms with Crippen molar-refractivity contribution in [1.29, 1.82) is 0 Å². The van der Waals surface area contributed by atoms with Crippen LogP contribution in [0.5, 0.6) is 0 Å². The van der Waals surface area contributed by atoms with Gasteiger partial charge in [-0.2, -0.15) is 0 Å². The Morgan fingerprint density at radius 2 is 1.90 bits per heavy atom. The van der Waals surface area contributed by atoms with Gasteiger partial charge in [0.2, 0.25) is 0 Å². The third kappa shape index (κ3) is 4.92. The molecule has 0 aromatic heterocycles. The average Bonchev–Trinajstić information content (AvgIpc) is 2.79. The smallest absolute Gasteiger partial charge is 0.0234 e. The first kappa shape index (κ1) is 15.5. The molecule has 1 heterocycles. The van der Waals surface area contributed by atoms with Crippen molar-refractivity contribution in [2.45, 2.75) is 53.1 Å². The lowest BCUT2D eigenvalue weighted by Crippen LogP contribution is -2.39. The molecule has 2 nitrogen and oxygen atoms in total. The molecule has 1 N–H and O–H groups in total. The highest BCUT2D eigenvalue weighted by molar-refractivity contribution is 5.28. The van der Waals surface area contributed by atoms with Crippen LogP contribution >= 0.6 is 0 Å². The third-order valence-corrected chi connectivity index (χ3v) is 3.95. The van der Waals surface area contributed by atoms with Gasteiger partial charge in [0.15, 0.2) is 0 Å². The Morgan fingerprint density at radius 1 is 1.20 bits per heavy atom. The van der Waals surface area contributed by atoms with Crippen molar-refractivity contribution in [1.82, 2.24) is 10.2 Å². The summed E-state index contributed by atoms with van der Waals surface area (Å²) in [5.74, 6) is 0.724. The molecule has 1 fully saturated rings. The van der Waals surface area contributed by atoms with Crippen molar-refractivity contribution in [2.75, 3.05) is 19.6 Å². The molecule has 20 heavy (non-hydrogen) atoms. The van der Waals surface area contributed by atoms with Crippen LogP contribution in [0.25, 0.3) is 0 Å². The zero-order valence-electron chi connectivity index (χ0n) is 13.6. The van der Waals surface area contributed by atoms with E-state index >= 15 is 0 Å². The van der Waals surface area contributed by atoms with Crippen LogP contribution in [0.15, 0.2) is 18.2 Å². The lowest BCUT2D eigenvalue weighted by atomic mass is 10.1. The molecule has 1 saturated heterocycles. The Balaban J connectivity index is 2.01. The number of aryl methyl sites for hydroxylation is 2. The summed E-state index contributed by atoms with van der Waals surface area (Å²) >= 11 is 0. The van der Waals surface area contributed by atoms with Crippen LogP contribution in [0, 0.1) is 19.8 Å². The second-order valence-corrected chi connectivity index (χ2v) is 6.88. The van der Waals surface area contributed by atoms with Crippen LogP contribution in [0.4, 0.5) is 0 Å². The number of hydrogen-bond donors (Lipinski definition) is 1. The van der Waals surface area contributed by atoms with Gasteiger partial charge < -0.3 is 5.32 Å². The van der Waals surface area contributed by atoms with Crippen LogP contribution in [0.1, 0.15) is 43.4 Å². The SMILES string of the molecule is Cc1cc(C)cc(CN(CC(C)C)CC2CCCN2)c1. The van der Waals surface area contributed by atoms with Crippen LogP contribution in [0.2, 0.25) is 0 Å². The summed E-state index contributed by atoms with van der Waals surface area (Å²) in [6, 6.07) is 7.62. The molecule has 0 saturated carbocycles. The highest BCUT2D eigenvalue weighted by Crippen LogP contribution is 2.15. The van der Waals surface area contributed by atoms with Crippen LogP contribution < -0.4 is 5.32 Å². The van der Waals surface area contributed by atoms with E-state index in [0.717, 1.165) is 12.5 Å². The molecule has 0 aliphatic carbocycles. The van der Waals surface area contributed by atoms with Gasteiger partial charge in [0.25, 0.3) is 0 Å². The number of nitrogens with zero attached hydrogens (tertiary/aromatic N) is 1. The summed E-state index contributed by atoms with van der Waals surface area (Å²) in [6.45, 7) is 13.7. The molecule has 2 rings (SSSR count). The number of rotatable bonds is 6. The largest absolute Gasteiger partial charge is 0.313 e. The Hall–Kier alpha value is -0.860. The van der Waals surface area contributed by atoms with E-state index < -0.39 is 0 Å². The van der Waals surface area contributed by atoms with Gasteiger partial charge >= 0.3 is 0 Å². The lowest BCUT2D eigenvalue weighted by Gasteiger charge is -2.27. The zero-order chi connectivity index (χ0) is 14.5. The summed E-state index contributed by atoms with van der Waals surface area (Å²) in [5.41, 5.74) is 4.22. The summed E-state index contributed by atoms with van der Waals surface area (Å²) in [6.07, 6.45) is 2.67. The van der Waals surface area contributed by atoms with Crippen LogP contribution in [-0.2, 0) is 6.54 Å². The Bertz CT molecular complexity index is 399. The van der Waals surface area contributed by atoms with Gasteiger partial charge in [-0.25, -0.2) is 0 Å². The Kier molecular flexibility index (Phi) is 5.62. The minimum Gasteiger partial charge on any atom is -0.313 e. The van der Waals surface area contributed by atoms with Gasteiger partial charge in [0.05, 0.1) is 0 Å². The van der Waals surface area contributed by atoms with Gasteiger partial charge in [-0.15, -0.1) is 0 Å². The monoisotopic (exact) mass is 274 g/mol. The molecule has 112 valence electrons. The van der Waals surface area contributed by atoms with Crippen molar-refractivity contribution in [2.24, 2.45) is 5.92 Å². The lowest BCUT2D eigenvalue weighted by molar-refractivity contribution is 0.216. The fourth-order valence-corrected chi connectivity index (χ4v) is 3.36. The predicted molar refractivity (Wildman–Crippen MR) is 87.1 cm³/mol. The summed E-state index contributed by atoms with van der Waals surface area (Å²) in [5, 5.41) is 3.63. The highest BCUT2D eigenvalue weighted by atomic mass is 15.2. The molecule has 1 aliphatic rings. The Morgan fingerprint density at radius 3 is 2.45 bits per heavy atom. The van der Waals surface area contributed by atoms with Gasteiger partial charge in [-0.1, -0.05) is 43.2 Å². The van der Waals surface area contributed by atoms with Crippen LogP contribution in [0.3, 0.4) is 0 Å². The summed E-state index contributed by atoms with van der Waals surface area (Å²) in [4.78, 5) is 2.63. The van der Waals surface area contributed by atoms with Gasteiger partial charge in [-0.05, 0) is 44.7 Å². The molecule has 1 aromatic carbocycles. The fourth-order valence-electron chi connectivity index (χ4n) is 3.36. The summed E-state index contributed by atoms with van der Waals surface area (Å²) in [7, 11) is 0. The van der Waals surface area contributed by atoms with E-state index in [-0.39, 0.29) is 0 Å². The fraction of sp³-hybridized carbons (Fsp3) is 0.667. The zero-order valence-corrected chi connectivity index (χ0v) is 13.6. The second kappa shape index (κ2) is 7.24. The molecule has 0 radical (unpaired) electrons. The standard InChI is InChI=1S/C18H30N2/c1-14(2)11-20(13-18-6-5-7-19-18)12-17-9-15(3)8-16(4)10-17/h8-10,14,18-19H,5-7,11-13H2,1-4H3. The molecular formula is C18H30N2. The maximum atomic E-state index is 3.63. The summed E-state index contributed by atoms with van der Waals surface area (Å²) < 4.78 is 0. The van der Waals surface area contributed by atoms with Crippen molar-refractivity contribution in [3.05, 3.63) is 34.9 Å². The molecular weight excluding hydrogens is 244 g/mol. The van der Waals surface area contributed by atoms with E-state index in [4.69, 9.17) is 0 Å². The van der Waals surface area contributed by atoms with Crippen LogP contribution in [-0.4, -0.2) is 30.6 Å². The first-order chi connectivity index (χ1) is 9.52. The van der Waals surface area contributed by atoms with Crippen molar-refractivity contribution < 1.29 is 0 Å². The molecule has 0 spiro atoms. The van der Waals surface area contributed by atoms with E-state index in [1.54, 1.807) is 0 Å². The molecule has 1 unspecified atom stereocenters. The quantitative estimate of drug-likeness (QED) is 0.854. The van der Waals surface area contributed by atoms with Crippen molar-refractivity contribution in [3.63, 3.8) is 0 Å². The van der Waals surface area contributed by atoms with Gasteiger partial charge in [0.1, 0.15) is 0 Å². The molecule has 2 heteroatoms. The topological polar surface area (TPSA) is 15.3 Å². The average molecular weight is 274 g/mol. The number of hydrogen-bond acceptors (Lipinski definition) is 2. The second-order valence-electron chi connectivity index (χ2n) is 6.88. The Labute approximate surface area is 124 Å². The van der Waals surface area contributed by atoms with E-state index in [0.29, 0.717) is 6.04 Å². The number of nitrogens with one attached hydrogen (secondary N) is 1. The van der Waals surface area contributed by atoms with E-state index in [1.165, 1.54) is 49.2 Å². The minimum atomic E-state index is 0.694. The molecule has 1 aliphatic heterocycles. The third-order valence-electron chi connectivity index (χ3n) is 3.95. The van der Waals surface area contributed by atoms with Gasteiger partial charge in [-0.3, -0.25) is 4.90 Å². The molecule has 0 bridgehead atoms. The van der Waals surface area contributed by atoms with Crippen molar-refractivity contribution >= 4 is 0 Å². The maximum Gasteiger partial charge on any atom is 0.0234 e. The van der Waals surface area contributed by atoms with E-state index in [9.17, 15) is 0 Å². The normalized spacial score (nSPS) is 19.2. The maximum absolute atomic E-state index is 3.63. The van der Waals surface area contributed by atoms with E-state index in [2.05, 4.69) is 56.1 Å².